The third-order valence-corrected chi connectivity index (χ3v) is 3.25. The largest absolute Gasteiger partial charge is 0.389 e. The Bertz CT molecular complexity index is 442. The zero-order valence-electron chi connectivity index (χ0n) is 11.7. The summed E-state index contributed by atoms with van der Waals surface area (Å²) in [5, 5.41) is 13.4. The van der Waals surface area contributed by atoms with E-state index in [1.54, 1.807) is 25.7 Å². The molecule has 2 rings (SSSR count). The third-order valence-electron chi connectivity index (χ3n) is 3.25. The van der Waals surface area contributed by atoms with Gasteiger partial charge in [0.2, 0.25) is 0 Å². The molecule has 1 aromatic heterocycles. The number of hydrogen-bond donors (Lipinski definition) is 1. The van der Waals surface area contributed by atoms with Gasteiger partial charge in [0.25, 0.3) is 5.91 Å². The van der Waals surface area contributed by atoms with Crippen molar-refractivity contribution in [2.24, 2.45) is 0 Å². The van der Waals surface area contributed by atoms with E-state index >= 15 is 0 Å². The summed E-state index contributed by atoms with van der Waals surface area (Å²) >= 11 is 0. The zero-order chi connectivity index (χ0) is 14.0. The molecule has 0 saturated carbocycles. The van der Waals surface area contributed by atoms with Gasteiger partial charge in [0, 0.05) is 32.7 Å². The van der Waals surface area contributed by atoms with Crippen molar-refractivity contribution in [2.45, 2.75) is 26.4 Å². The highest BCUT2D eigenvalue weighted by molar-refractivity contribution is 5.94. The number of nitrogens with zero attached hydrogens (tertiary/aromatic N) is 3. The van der Waals surface area contributed by atoms with Crippen LogP contribution in [0.4, 0.5) is 0 Å². The molecule has 6 heteroatoms. The van der Waals surface area contributed by atoms with E-state index in [9.17, 15) is 9.90 Å². The van der Waals surface area contributed by atoms with Crippen LogP contribution < -0.4 is 0 Å². The van der Waals surface area contributed by atoms with Crippen molar-refractivity contribution in [2.75, 3.05) is 32.7 Å². The topological polar surface area (TPSA) is 69.8 Å². The maximum atomic E-state index is 12.2. The summed E-state index contributed by atoms with van der Waals surface area (Å²) in [6.45, 7) is 8.85. The van der Waals surface area contributed by atoms with E-state index in [-0.39, 0.29) is 5.91 Å². The molecular formula is C13H21N3O3. The number of carbonyl (C=O) groups is 1. The first-order valence-electron chi connectivity index (χ1n) is 6.52. The van der Waals surface area contributed by atoms with Crippen molar-refractivity contribution in [1.29, 1.82) is 0 Å². The molecule has 1 aliphatic heterocycles. The van der Waals surface area contributed by atoms with Crippen molar-refractivity contribution in [1.82, 2.24) is 15.0 Å². The van der Waals surface area contributed by atoms with Gasteiger partial charge < -0.3 is 14.5 Å². The SMILES string of the molecule is Cc1oncc1C(=O)N1CCN(CC(C)(C)O)CC1. The number of rotatable bonds is 3. The molecule has 0 atom stereocenters. The second-order valence-corrected chi connectivity index (χ2v) is 5.68. The maximum absolute atomic E-state index is 12.2. The normalized spacial score (nSPS) is 17.8. The summed E-state index contributed by atoms with van der Waals surface area (Å²) < 4.78 is 4.92. The molecule has 0 unspecified atom stereocenters. The number of aryl methyl sites for hydroxylation is 1. The van der Waals surface area contributed by atoms with Crippen LogP contribution >= 0.6 is 0 Å². The molecule has 1 aliphatic rings. The van der Waals surface area contributed by atoms with Gasteiger partial charge >= 0.3 is 0 Å². The van der Waals surface area contributed by atoms with Gasteiger partial charge in [0.15, 0.2) is 0 Å². The Morgan fingerprint density at radius 2 is 2.05 bits per heavy atom. The number of β-amino-alcohol motifs (C(OH)–C–C–N with tert-alkyl or cyclic N) is 1. The number of piperazine rings is 1. The molecule has 6 nitrogen and oxygen atoms in total. The molecule has 0 radical (unpaired) electrons. The summed E-state index contributed by atoms with van der Waals surface area (Å²) in [5.41, 5.74) is -0.159. The van der Waals surface area contributed by atoms with Gasteiger partial charge in [-0.1, -0.05) is 5.16 Å². The van der Waals surface area contributed by atoms with Crippen LogP contribution in [0, 0.1) is 6.92 Å². The molecule has 2 heterocycles. The van der Waals surface area contributed by atoms with Gasteiger partial charge in [-0.05, 0) is 20.8 Å². The molecule has 0 bridgehead atoms. The Balaban J connectivity index is 1.90. The molecule has 0 aliphatic carbocycles. The van der Waals surface area contributed by atoms with Crippen LogP contribution in [0.1, 0.15) is 30.0 Å². The van der Waals surface area contributed by atoms with E-state index in [2.05, 4.69) is 10.1 Å². The van der Waals surface area contributed by atoms with Gasteiger partial charge in [-0.2, -0.15) is 0 Å². The van der Waals surface area contributed by atoms with E-state index in [1.165, 1.54) is 6.20 Å². The monoisotopic (exact) mass is 267 g/mol. The van der Waals surface area contributed by atoms with Gasteiger partial charge in [0.05, 0.1) is 11.8 Å². The maximum Gasteiger partial charge on any atom is 0.259 e. The van der Waals surface area contributed by atoms with Crippen molar-refractivity contribution < 1.29 is 14.4 Å². The zero-order valence-corrected chi connectivity index (χ0v) is 11.7. The van der Waals surface area contributed by atoms with Crippen LogP contribution in [0.5, 0.6) is 0 Å². The van der Waals surface area contributed by atoms with Crippen LogP contribution in [-0.2, 0) is 0 Å². The Morgan fingerprint density at radius 3 is 2.53 bits per heavy atom. The minimum Gasteiger partial charge on any atom is -0.389 e. The summed E-state index contributed by atoms with van der Waals surface area (Å²) in [6, 6.07) is 0. The summed E-state index contributed by atoms with van der Waals surface area (Å²) in [4.78, 5) is 16.2. The molecule has 1 amide bonds. The summed E-state index contributed by atoms with van der Waals surface area (Å²) in [6.07, 6.45) is 1.47. The number of carbonyl (C=O) groups excluding carboxylic acids is 1. The Morgan fingerprint density at radius 1 is 1.42 bits per heavy atom. The van der Waals surface area contributed by atoms with E-state index in [0.29, 0.717) is 31.0 Å². The second kappa shape index (κ2) is 5.30. The minimum absolute atomic E-state index is 0.0262. The third kappa shape index (κ3) is 3.54. The number of hydrogen-bond acceptors (Lipinski definition) is 5. The Hall–Kier alpha value is -1.40. The summed E-state index contributed by atoms with van der Waals surface area (Å²) in [7, 11) is 0. The van der Waals surface area contributed by atoms with Gasteiger partial charge in [-0.3, -0.25) is 9.69 Å². The lowest BCUT2D eigenvalue weighted by Crippen LogP contribution is -2.52. The Labute approximate surface area is 113 Å². The van der Waals surface area contributed by atoms with Crippen LogP contribution in [-0.4, -0.2) is 64.3 Å². The van der Waals surface area contributed by atoms with E-state index in [0.717, 1.165) is 13.1 Å². The average Bonchev–Trinajstić information content (AvgIpc) is 2.73. The molecule has 1 aromatic rings. The number of amides is 1. The van der Waals surface area contributed by atoms with Crippen molar-refractivity contribution in [3.8, 4) is 0 Å². The molecule has 1 fully saturated rings. The van der Waals surface area contributed by atoms with E-state index in [4.69, 9.17) is 4.52 Å². The van der Waals surface area contributed by atoms with E-state index in [1.807, 2.05) is 0 Å². The lowest BCUT2D eigenvalue weighted by atomic mass is 10.1. The fraction of sp³-hybridized carbons (Fsp3) is 0.692. The minimum atomic E-state index is -0.697. The average molecular weight is 267 g/mol. The van der Waals surface area contributed by atoms with Crippen molar-refractivity contribution in [3.05, 3.63) is 17.5 Å². The van der Waals surface area contributed by atoms with Gasteiger partial charge in [-0.25, -0.2) is 0 Å². The molecule has 0 aromatic carbocycles. The first kappa shape index (κ1) is 14.0. The summed E-state index contributed by atoms with van der Waals surface area (Å²) in [5.74, 6) is 0.533. The van der Waals surface area contributed by atoms with Crippen molar-refractivity contribution >= 4 is 5.91 Å². The van der Waals surface area contributed by atoms with Crippen LogP contribution in [0.15, 0.2) is 10.7 Å². The lowest BCUT2D eigenvalue weighted by Gasteiger charge is -2.37. The smallest absolute Gasteiger partial charge is 0.259 e. The van der Waals surface area contributed by atoms with Crippen molar-refractivity contribution in [3.63, 3.8) is 0 Å². The fourth-order valence-electron chi connectivity index (χ4n) is 2.33. The highest BCUT2D eigenvalue weighted by Crippen LogP contribution is 2.13. The van der Waals surface area contributed by atoms with E-state index < -0.39 is 5.60 Å². The van der Waals surface area contributed by atoms with Crippen LogP contribution in [0.25, 0.3) is 0 Å². The molecular weight excluding hydrogens is 246 g/mol. The first-order chi connectivity index (χ1) is 8.87. The second-order valence-electron chi connectivity index (χ2n) is 5.68. The van der Waals surface area contributed by atoms with Crippen LogP contribution in [0.3, 0.4) is 0 Å². The highest BCUT2D eigenvalue weighted by Gasteiger charge is 2.26. The highest BCUT2D eigenvalue weighted by atomic mass is 16.5. The number of aliphatic hydroxyl groups is 1. The molecule has 1 saturated heterocycles. The molecule has 0 spiro atoms. The predicted molar refractivity (Wildman–Crippen MR) is 69.9 cm³/mol. The van der Waals surface area contributed by atoms with Crippen LogP contribution in [0.2, 0.25) is 0 Å². The first-order valence-corrected chi connectivity index (χ1v) is 6.52. The van der Waals surface area contributed by atoms with Gasteiger partial charge in [-0.15, -0.1) is 0 Å². The quantitative estimate of drug-likeness (QED) is 0.864. The molecule has 1 N–H and O–H groups in total. The molecule has 106 valence electrons. The predicted octanol–water partition coefficient (Wildman–Crippen LogP) is 0.512. The Kier molecular flexibility index (Phi) is 3.91. The fourth-order valence-corrected chi connectivity index (χ4v) is 2.33. The van der Waals surface area contributed by atoms with Gasteiger partial charge in [0.1, 0.15) is 11.3 Å². The standard InChI is InChI=1S/C13H21N3O3/c1-10-11(8-14-19-10)12(17)16-6-4-15(5-7-16)9-13(2,3)18/h8,18H,4-7,9H2,1-3H3. The lowest BCUT2D eigenvalue weighted by molar-refractivity contribution is 0.0178. The molecule has 19 heavy (non-hydrogen) atoms. The number of aromatic nitrogens is 1.